The average Bonchev–Trinajstić information content (AvgIpc) is 1.99. The lowest BCUT2D eigenvalue weighted by Crippen LogP contribution is -1.89. The second-order valence-corrected chi connectivity index (χ2v) is 3.52. The molecule has 5 heteroatoms. The Morgan fingerprint density at radius 1 is 1.58 bits per heavy atom. The summed E-state index contributed by atoms with van der Waals surface area (Å²) >= 11 is 8.92. The fourth-order valence-electron chi connectivity index (χ4n) is 0.814. The van der Waals surface area contributed by atoms with E-state index < -0.39 is 4.92 Å². The molecule has 0 N–H and O–H groups in total. The molecule has 0 radical (unpaired) electrons. The van der Waals surface area contributed by atoms with Crippen LogP contribution in [-0.2, 0) is 0 Å². The van der Waals surface area contributed by atoms with Gasteiger partial charge in [-0.05, 0) is 28.4 Å². The van der Waals surface area contributed by atoms with Crippen LogP contribution < -0.4 is 0 Å². The minimum atomic E-state index is -0.467. The second kappa shape index (κ2) is 3.41. The zero-order chi connectivity index (χ0) is 9.30. The van der Waals surface area contributed by atoms with Crippen LogP contribution in [0.5, 0.6) is 0 Å². The van der Waals surface area contributed by atoms with Crippen molar-refractivity contribution in [1.82, 2.24) is 0 Å². The maximum atomic E-state index is 10.3. The Morgan fingerprint density at radius 3 is 2.58 bits per heavy atom. The summed E-state index contributed by atoms with van der Waals surface area (Å²) in [4.78, 5) is 9.88. The van der Waals surface area contributed by atoms with E-state index in [0.29, 0.717) is 9.50 Å². The lowest BCUT2D eigenvalue weighted by Gasteiger charge is -1.99. The number of benzene rings is 1. The summed E-state index contributed by atoms with van der Waals surface area (Å²) in [6.07, 6.45) is 0. The van der Waals surface area contributed by atoms with Gasteiger partial charge in [-0.1, -0.05) is 11.6 Å². The third-order valence-corrected chi connectivity index (χ3v) is 2.98. The van der Waals surface area contributed by atoms with Gasteiger partial charge >= 0.3 is 0 Å². The molecule has 3 nitrogen and oxygen atoms in total. The van der Waals surface area contributed by atoms with Gasteiger partial charge in [-0.25, -0.2) is 0 Å². The first-order chi connectivity index (χ1) is 5.52. The van der Waals surface area contributed by atoms with E-state index in [4.69, 9.17) is 11.6 Å². The van der Waals surface area contributed by atoms with Gasteiger partial charge in [0.05, 0.1) is 9.95 Å². The number of halogens is 2. The highest BCUT2D eigenvalue weighted by molar-refractivity contribution is 9.10. The third kappa shape index (κ3) is 1.76. The Hall–Kier alpha value is -0.610. The predicted octanol–water partition coefficient (Wildman–Crippen LogP) is 3.32. The highest BCUT2D eigenvalue weighted by atomic mass is 79.9. The molecule has 0 unspecified atom stereocenters. The van der Waals surface area contributed by atoms with Gasteiger partial charge in [-0.3, -0.25) is 10.1 Å². The summed E-state index contributed by atoms with van der Waals surface area (Å²) in [5.41, 5.74) is 0.773. The predicted molar refractivity (Wildman–Crippen MR) is 50.5 cm³/mol. The first kappa shape index (κ1) is 9.48. The molecule has 12 heavy (non-hydrogen) atoms. The van der Waals surface area contributed by atoms with Crippen molar-refractivity contribution in [2.24, 2.45) is 0 Å². The average molecular weight is 250 g/mol. The van der Waals surface area contributed by atoms with Gasteiger partial charge in [0.25, 0.3) is 5.69 Å². The zero-order valence-corrected chi connectivity index (χ0v) is 8.52. The number of nitrogens with zero attached hydrogens (tertiary/aromatic N) is 1. The van der Waals surface area contributed by atoms with E-state index >= 15 is 0 Å². The van der Waals surface area contributed by atoms with Crippen LogP contribution in [0.15, 0.2) is 16.6 Å². The molecule has 1 rings (SSSR count). The number of nitro benzene ring substituents is 1. The molecule has 64 valence electrons. The minimum absolute atomic E-state index is 0.0145. The lowest BCUT2D eigenvalue weighted by atomic mass is 10.2. The minimum Gasteiger partial charge on any atom is -0.258 e. The van der Waals surface area contributed by atoms with Crippen molar-refractivity contribution in [2.45, 2.75) is 6.92 Å². The fraction of sp³-hybridized carbons (Fsp3) is 0.143. The summed E-state index contributed by atoms with van der Waals surface area (Å²) in [5.74, 6) is 0. The molecule has 0 atom stereocenters. The van der Waals surface area contributed by atoms with Crippen molar-refractivity contribution in [2.75, 3.05) is 0 Å². The number of hydrogen-bond donors (Lipinski definition) is 0. The quantitative estimate of drug-likeness (QED) is 0.567. The first-order valence-electron chi connectivity index (χ1n) is 3.12. The molecule has 0 saturated heterocycles. The highest BCUT2D eigenvalue weighted by Crippen LogP contribution is 2.30. The molecule has 0 amide bonds. The molecule has 0 aromatic heterocycles. The number of aryl methyl sites for hydroxylation is 1. The first-order valence-corrected chi connectivity index (χ1v) is 4.29. The summed E-state index contributed by atoms with van der Waals surface area (Å²) in [5, 5.41) is 10.7. The van der Waals surface area contributed by atoms with Gasteiger partial charge in [0.2, 0.25) is 0 Å². The van der Waals surface area contributed by atoms with E-state index in [1.807, 2.05) is 0 Å². The van der Waals surface area contributed by atoms with Crippen LogP contribution in [-0.4, -0.2) is 4.92 Å². The largest absolute Gasteiger partial charge is 0.271 e. The van der Waals surface area contributed by atoms with Crippen LogP contribution in [0.25, 0.3) is 0 Å². The molecule has 0 saturated carbocycles. The summed E-state index contributed by atoms with van der Waals surface area (Å²) in [6.45, 7) is 1.75. The monoisotopic (exact) mass is 249 g/mol. The van der Waals surface area contributed by atoms with Gasteiger partial charge in [0.1, 0.15) is 0 Å². The van der Waals surface area contributed by atoms with E-state index in [9.17, 15) is 10.1 Å². The van der Waals surface area contributed by atoms with E-state index in [1.165, 1.54) is 12.1 Å². The molecule has 1 aromatic rings. The van der Waals surface area contributed by atoms with Gasteiger partial charge in [0.15, 0.2) is 0 Å². The van der Waals surface area contributed by atoms with Crippen molar-refractivity contribution in [1.29, 1.82) is 0 Å². The van der Waals surface area contributed by atoms with Crippen molar-refractivity contribution in [3.05, 3.63) is 37.3 Å². The van der Waals surface area contributed by atoms with Gasteiger partial charge in [-0.2, -0.15) is 0 Å². The zero-order valence-electron chi connectivity index (χ0n) is 6.17. The molecule has 0 aliphatic heterocycles. The molecule has 1 aromatic carbocycles. The number of non-ortho nitro benzene ring substituents is 1. The SMILES string of the molecule is Cc1cc([N+](=O)[O-])cc(Cl)c1Br. The van der Waals surface area contributed by atoms with Crippen LogP contribution >= 0.6 is 27.5 Å². The normalized spacial score (nSPS) is 9.92. The van der Waals surface area contributed by atoms with E-state index in [0.717, 1.165) is 5.56 Å². The van der Waals surface area contributed by atoms with Crippen molar-refractivity contribution in [3.8, 4) is 0 Å². The standard InChI is InChI=1S/C7H5BrClNO2/c1-4-2-5(10(11)12)3-6(9)7(4)8/h2-3H,1H3. The number of hydrogen-bond acceptors (Lipinski definition) is 2. The Bertz CT molecular complexity index is 317. The van der Waals surface area contributed by atoms with Crippen molar-refractivity contribution < 1.29 is 4.92 Å². The van der Waals surface area contributed by atoms with E-state index in [-0.39, 0.29) is 5.69 Å². The van der Waals surface area contributed by atoms with Crippen LogP contribution in [0, 0.1) is 17.0 Å². The lowest BCUT2D eigenvalue weighted by molar-refractivity contribution is -0.384. The topological polar surface area (TPSA) is 43.1 Å². The van der Waals surface area contributed by atoms with Gasteiger partial charge < -0.3 is 0 Å². The molecule has 0 heterocycles. The van der Waals surface area contributed by atoms with E-state index in [1.54, 1.807) is 6.92 Å². The maximum absolute atomic E-state index is 10.3. The third-order valence-electron chi connectivity index (χ3n) is 1.41. The van der Waals surface area contributed by atoms with Crippen LogP contribution in [0.1, 0.15) is 5.56 Å². The summed E-state index contributed by atoms with van der Waals surface area (Å²) in [7, 11) is 0. The molecular weight excluding hydrogens is 245 g/mol. The van der Waals surface area contributed by atoms with Crippen molar-refractivity contribution in [3.63, 3.8) is 0 Å². The summed E-state index contributed by atoms with van der Waals surface area (Å²) < 4.78 is 0.703. The smallest absolute Gasteiger partial charge is 0.258 e. The Morgan fingerprint density at radius 2 is 2.17 bits per heavy atom. The Labute approximate surface area is 82.6 Å². The van der Waals surface area contributed by atoms with Crippen LogP contribution in [0.2, 0.25) is 5.02 Å². The highest BCUT2D eigenvalue weighted by Gasteiger charge is 2.10. The van der Waals surface area contributed by atoms with Crippen molar-refractivity contribution >= 4 is 33.2 Å². The number of rotatable bonds is 1. The molecule has 0 bridgehead atoms. The Balaban J connectivity index is 3.31. The molecule has 0 aliphatic rings. The van der Waals surface area contributed by atoms with E-state index in [2.05, 4.69) is 15.9 Å². The molecule has 0 fully saturated rings. The molecular formula is C7H5BrClNO2. The van der Waals surface area contributed by atoms with Crippen LogP contribution in [0.4, 0.5) is 5.69 Å². The molecule has 0 aliphatic carbocycles. The van der Waals surface area contributed by atoms with Gasteiger partial charge in [-0.15, -0.1) is 0 Å². The fourth-order valence-corrected chi connectivity index (χ4v) is 1.30. The molecule has 0 spiro atoms. The Kier molecular flexibility index (Phi) is 2.69. The summed E-state index contributed by atoms with van der Waals surface area (Å²) in [6, 6.07) is 2.79. The number of nitro groups is 1. The van der Waals surface area contributed by atoms with Crippen LogP contribution in [0.3, 0.4) is 0 Å². The van der Waals surface area contributed by atoms with Gasteiger partial charge in [0, 0.05) is 16.6 Å². The maximum Gasteiger partial charge on any atom is 0.271 e. The second-order valence-electron chi connectivity index (χ2n) is 2.32.